The molecule has 0 aliphatic rings. The molecule has 5 heteroatoms. The molecule has 0 saturated heterocycles. The number of rotatable bonds is 1. The van der Waals surface area contributed by atoms with Crippen LogP contribution in [-0.4, -0.2) is 23.9 Å². The molecule has 0 radical (unpaired) electrons. The first-order chi connectivity index (χ1) is 4.68. The van der Waals surface area contributed by atoms with E-state index in [1.54, 1.807) is 12.4 Å². The fourth-order valence-electron chi connectivity index (χ4n) is 0.0250. The van der Waals surface area contributed by atoms with E-state index < -0.39 is 0 Å². The molecule has 0 spiro atoms. The lowest BCUT2D eigenvalue weighted by Crippen LogP contribution is -2.09. The van der Waals surface area contributed by atoms with E-state index >= 15 is 0 Å². The Kier molecular flexibility index (Phi) is 12.2. The molecular formula is C5H10N4O. The number of hydrogen-bond acceptors (Lipinski definition) is 5. The Morgan fingerprint density at radius 2 is 1.80 bits per heavy atom. The number of hydrogen-bond donors (Lipinski definition) is 2. The van der Waals surface area contributed by atoms with Crippen molar-refractivity contribution in [1.29, 1.82) is 10.5 Å². The SMILES string of the molecule is CCN(C)O.N#CNC#N. The second-order valence-corrected chi connectivity index (χ2v) is 1.32. The smallest absolute Gasteiger partial charge is 0.190 e. The maximum absolute atomic E-state index is 8.19. The van der Waals surface area contributed by atoms with Gasteiger partial charge in [0, 0.05) is 13.6 Å². The molecule has 2 N–H and O–H groups in total. The van der Waals surface area contributed by atoms with Gasteiger partial charge in [-0.05, 0) is 0 Å². The summed E-state index contributed by atoms with van der Waals surface area (Å²) in [7, 11) is 1.61. The van der Waals surface area contributed by atoms with Crippen molar-refractivity contribution < 1.29 is 5.21 Å². The summed E-state index contributed by atoms with van der Waals surface area (Å²) in [6.45, 7) is 2.57. The number of nitrogens with zero attached hydrogens (tertiary/aromatic N) is 3. The second kappa shape index (κ2) is 10.6. The van der Waals surface area contributed by atoms with Crippen molar-refractivity contribution in [3.05, 3.63) is 0 Å². The van der Waals surface area contributed by atoms with E-state index in [2.05, 4.69) is 0 Å². The van der Waals surface area contributed by atoms with Crippen LogP contribution in [0, 0.1) is 22.9 Å². The summed E-state index contributed by atoms with van der Waals surface area (Å²) in [5.41, 5.74) is 0. The Labute approximate surface area is 60.0 Å². The number of hydroxylamine groups is 2. The number of nitrogens with one attached hydrogen (secondary N) is 1. The first-order valence-corrected chi connectivity index (χ1v) is 2.62. The average molecular weight is 142 g/mol. The summed E-state index contributed by atoms with van der Waals surface area (Å²) < 4.78 is 0. The molecule has 0 unspecified atom stereocenters. The summed E-state index contributed by atoms with van der Waals surface area (Å²) in [5.74, 6) is 0. The van der Waals surface area contributed by atoms with Crippen LogP contribution in [0.3, 0.4) is 0 Å². The fraction of sp³-hybridized carbons (Fsp3) is 0.600. The lowest BCUT2D eigenvalue weighted by atomic mass is 10.8. The van der Waals surface area contributed by atoms with Gasteiger partial charge < -0.3 is 5.21 Å². The molecule has 0 bridgehead atoms. The molecule has 10 heavy (non-hydrogen) atoms. The third kappa shape index (κ3) is 29.9. The molecule has 0 heterocycles. The molecule has 0 atom stereocenters. The van der Waals surface area contributed by atoms with Crippen LogP contribution in [0.15, 0.2) is 0 Å². The minimum absolute atomic E-state index is 0.694. The van der Waals surface area contributed by atoms with Crippen molar-refractivity contribution in [2.75, 3.05) is 13.6 Å². The van der Waals surface area contributed by atoms with E-state index in [0.29, 0.717) is 6.54 Å². The third-order valence-electron chi connectivity index (χ3n) is 0.569. The van der Waals surface area contributed by atoms with Gasteiger partial charge >= 0.3 is 0 Å². The van der Waals surface area contributed by atoms with Gasteiger partial charge in [-0.3, -0.25) is 0 Å². The molecule has 0 fully saturated rings. The average Bonchev–Trinajstić information content (AvgIpc) is 1.91. The van der Waals surface area contributed by atoms with Crippen molar-refractivity contribution in [2.24, 2.45) is 0 Å². The van der Waals surface area contributed by atoms with Gasteiger partial charge in [0.25, 0.3) is 0 Å². The largest absolute Gasteiger partial charge is 0.314 e. The molecule has 0 aromatic heterocycles. The monoisotopic (exact) mass is 142 g/mol. The molecule has 0 saturated carbocycles. The Hall–Kier alpha value is -1.30. The quantitative estimate of drug-likeness (QED) is 0.302. The Balaban J connectivity index is 0. The van der Waals surface area contributed by atoms with Gasteiger partial charge in [0.15, 0.2) is 12.4 Å². The van der Waals surface area contributed by atoms with Gasteiger partial charge in [-0.1, -0.05) is 6.92 Å². The van der Waals surface area contributed by atoms with Crippen LogP contribution in [0.1, 0.15) is 6.92 Å². The minimum atomic E-state index is 0.694. The number of nitriles is 2. The van der Waals surface area contributed by atoms with E-state index in [0.717, 1.165) is 5.06 Å². The van der Waals surface area contributed by atoms with E-state index in [9.17, 15) is 0 Å². The van der Waals surface area contributed by atoms with Crippen LogP contribution in [-0.2, 0) is 0 Å². The summed E-state index contributed by atoms with van der Waals surface area (Å²) in [5, 5.41) is 26.0. The zero-order valence-electron chi connectivity index (χ0n) is 6.00. The van der Waals surface area contributed by atoms with Crippen LogP contribution in [0.4, 0.5) is 0 Å². The van der Waals surface area contributed by atoms with Crippen LogP contribution < -0.4 is 5.32 Å². The van der Waals surface area contributed by atoms with Gasteiger partial charge in [-0.25, -0.2) is 5.32 Å². The molecule has 0 aromatic rings. The summed E-state index contributed by atoms with van der Waals surface area (Å²) in [4.78, 5) is 0. The molecule has 0 rings (SSSR count). The van der Waals surface area contributed by atoms with E-state index in [1.807, 2.05) is 6.92 Å². The van der Waals surface area contributed by atoms with Crippen LogP contribution in [0.2, 0.25) is 0 Å². The zero-order chi connectivity index (χ0) is 8.41. The van der Waals surface area contributed by atoms with Crippen LogP contribution in [0.25, 0.3) is 0 Å². The Morgan fingerprint density at radius 3 is 1.80 bits per heavy atom. The van der Waals surface area contributed by atoms with Crippen LogP contribution in [0.5, 0.6) is 0 Å². The minimum Gasteiger partial charge on any atom is -0.314 e. The maximum atomic E-state index is 8.19. The molecule has 0 aromatic carbocycles. The first-order valence-electron chi connectivity index (χ1n) is 2.62. The van der Waals surface area contributed by atoms with E-state index in [1.165, 1.54) is 12.4 Å². The van der Waals surface area contributed by atoms with E-state index in [4.69, 9.17) is 15.7 Å². The topological polar surface area (TPSA) is 83.1 Å². The molecular weight excluding hydrogens is 132 g/mol. The lowest BCUT2D eigenvalue weighted by molar-refractivity contribution is -0.0596. The first kappa shape index (κ1) is 11.5. The standard InChI is InChI=1S/C3H9NO.C2HN3/c1-3-4(2)5;3-1-5-2-4/h5H,3H2,1-2H3;5H. The van der Waals surface area contributed by atoms with E-state index in [-0.39, 0.29) is 0 Å². The zero-order valence-corrected chi connectivity index (χ0v) is 6.00. The highest BCUT2D eigenvalue weighted by Gasteiger charge is 1.74. The predicted molar refractivity (Wildman–Crippen MR) is 34.5 cm³/mol. The van der Waals surface area contributed by atoms with Gasteiger partial charge in [0.2, 0.25) is 0 Å². The predicted octanol–water partition coefficient (Wildman–Crippen LogP) is -0.135. The highest BCUT2D eigenvalue weighted by Crippen LogP contribution is 1.62. The summed E-state index contributed by atoms with van der Waals surface area (Å²) in [6.07, 6.45) is 2.81. The third-order valence-corrected chi connectivity index (χ3v) is 0.569. The van der Waals surface area contributed by atoms with Crippen LogP contribution >= 0.6 is 0 Å². The van der Waals surface area contributed by atoms with Gasteiger partial charge in [-0.2, -0.15) is 15.6 Å². The molecule has 0 aliphatic carbocycles. The van der Waals surface area contributed by atoms with Gasteiger partial charge in [0.1, 0.15) is 0 Å². The lowest BCUT2D eigenvalue weighted by Gasteiger charge is -1.98. The second-order valence-electron chi connectivity index (χ2n) is 1.32. The fourth-order valence-corrected chi connectivity index (χ4v) is 0.0250. The van der Waals surface area contributed by atoms with Crippen molar-refractivity contribution in [2.45, 2.75) is 6.92 Å². The Bertz CT molecular complexity index is 120. The summed E-state index contributed by atoms with van der Waals surface area (Å²) in [6, 6.07) is 0. The molecule has 56 valence electrons. The highest BCUT2D eigenvalue weighted by molar-refractivity contribution is 4.77. The van der Waals surface area contributed by atoms with Crippen molar-refractivity contribution in [3.8, 4) is 12.4 Å². The van der Waals surface area contributed by atoms with Crippen molar-refractivity contribution >= 4 is 0 Å². The van der Waals surface area contributed by atoms with Gasteiger partial charge in [-0.15, -0.1) is 0 Å². The molecule has 5 nitrogen and oxygen atoms in total. The van der Waals surface area contributed by atoms with Crippen molar-refractivity contribution in [1.82, 2.24) is 10.4 Å². The van der Waals surface area contributed by atoms with Crippen molar-refractivity contribution in [3.63, 3.8) is 0 Å². The molecule has 0 aliphatic heterocycles. The highest BCUT2D eigenvalue weighted by atomic mass is 16.5. The molecule has 0 amide bonds. The van der Waals surface area contributed by atoms with Gasteiger partial charge in [0.05, 0.1) is 0 Å². The Morgan fingerprint density at radius 1 is 1.50 bits per heavy atom. The summed E-state index contributed by atoms with van der Waals surface area (Å²) >= 11 is 0. The maximum Gasteiger partial charge on any atom is 0.190 e. The normalized spacial score (nSPS) is 6.60.